The topological polar surface area (TPSA) is 50.7 Å². The van der Waals surface area contributed by atoms with E-state index in [4.69, 9.17) is 5.73 Å². The normalized spacial score (nSPS) is 13.1. The van der Waals surface area contributed by atoms with Crippen LogP contribution in [0.1, 0.15) is 0 Å². The van der Waals surface area contributed by atoms with Gasteiger partial charge in [-0.1, -0.05) is 0 Å². The Labute approximate surface area is 55.8 Å². The molecule has 2 N–H and O–H groups in total. The average molecular weight is 211 g/mol. The van der Waals surface area contributed by atoms with E-state index < -0.39 is 0 Å². The molecule has 0 fully saturated rings. The summed E-state index contributed by atoms with van der Waals surface area (Å²) >= 11 is 1.98. The van der Waals surface area contributed by atoms with Crippen molar-refractivity contribution in [1.29, 1.82) is 0 Å². The van der Waals surface area contributed by atoms with Crippen LogP contribution in [0.4, 0.5) is 0 Å². The third-order valence-corrected chi connectivity index (χ3v) is 0.908. The predicted octanol–water partition coefficient (Wildman–Crippen LogP) is 1.26. The molecule has 0 spiro atoms. The largest absolute Gasteiger partial charge is 0.402 e. The lowest BCUT2D eigenvalue weighted by Gasteiger charge is -1.77. The molecule has 0 bridgehead atoms. The zero-order valence-electron chi connectivity index (χ0n) is 3.93. The minimum Gasteiger partial charge on any atom is -0.402 e. The molecule has 0 aliphatic heterocycles. The molecule has 7 heavy (non-hydrogen) atoms. The number of hydrogen-bond acceptors (Lipinski definition) is 3. The fourth-order valence-corrected chi connectivity index (χ4v) is 0.345. The number of halogens is 1. The van der Waals surface area contributed by atoms with Crippen molar-refractivity contribution in [3.05, 3.63) is 9.90 Å². The maximum Gasteiger partial charge on any atom is 0.138 e. The molecule has 0 aliphatic rings. The third kappa shape index (κ3) is 3.71. The monoisotopic (exact) mass is 211 g/mol. The van der Waals surface area contributed by atoms with Crippen molar-refractivity contribution >= 4 is 22.6 Å². The molecule has 0 aliphatic carbocycles. The van der Waals surface area contributed by atoms with Crippen LogP contribution in [0.25, 0.3) is 0 Å². The summed E-state index contributed by atoms with van der Waals surface area (Å²) in [6.07, 6.45) is 1.40. The second kappa shape index (κ2) is 4.04. The Morgan fingerprint density at radius 1 is 1.86 bits per heavy atom. The lowest BCUT2D eigenvalue weighted by molar-refractivity contribution is 1.15. The highest BCUT2D eigenvalue weighted by Crippen LogP contribution is 2.03. The zero-order chi connectivity index (χ0) is 5.70. The minimum atomic E-state index is 0.708. The molecule has 0 radical (unpaired) electrons. The van der Waals surface area contributed by atoms with Crippen LogP contribution in [0.3, 0.4) is 0 Å². The predicted molar refractivity (Wildman–Crippen MR) is 37.1 cm³/mol. The van der Waals surface area contributed by atoms with E-state index in [1.165, 1.54) is 6.20 Å². The Kier molecular flexibility index (Phi) is 3.97. The van der Waals surface area contributed by atoms with Crippen LogP contribution in [0.15, 0.2) is 20.1 Å². The first-order chi connectivity index (χ1) is 3.31. The van der Waals surface area contributed by atoms with Gasteiger partial charge in [0.2, 0.25) is 0 Å². The summed E-state index contributed by atoms with van der Waals surface area (Å²) in [6, 6.07) is 0. The SMILES string of the molecule is C/N=N\C(I)=C/N. The van der Waals surface area contributed by atoms with Crippen LogP contribution in [-0.2, 0) is 0 Å². The van der Waals surface area contributed by atoms with Gasteiger partial charge in [-0.15, -0.1) is 5.11 Å². The van der Waals surface area contributed by atoms with E-state index in [-0.39, 0.29) is 0 Å². The molecule has 0 rings (SSSR count). The fraction of sp³-hybridized carbons (Fsp3) is 0.333. The molecule has 0 atom stereocenters. The number of hydrogen-bond donors (Lipinski definition) is 1. The van der Waals surface area contributed by atoms with Gasteiger partial charge < -0.3 is 5.73 Å². The third-order valence-electron chi connectivity index (χ3n) is 0.333. The number of azo groups is 1. The quantitative estimate of drug-likeness (QED) is 0.396. The number of rotatable bonds is 1. The Balaban J connectivity index is 3.58. The van der Waals surface area contributed by atoms with E-state index >= 15 is 0 Å². The summed E-state index contributed by atoms with van der Waals surface area (Å²) in [5.74, 6) is 0. The Morgan fingerprint density at radius 2 is 2.43 bits per heavy atom. The molecular weight excluding hydrogens is 205 g/mol. The molecule has 40 valence electrons. The Morgan fingerprint density at radius 3 is 2.57 bits per heavy atom. The fourth-order valence-electron chi connectivity index (χ4n) is 0.129. The maximum absolute atomic E-state index is 5.03. The lowest BCUT2D eigenvalue weighted by Crippen LogP contribution is -1.76. The van der Waals surface area contributed by atoms with Crippen molar-refractivity contribution < 1.29 is 0 Å². The molecule has 0 saturated carbocycles. The van der Waals surface area contributed by atoms with Gasteiger partial charge in [0, 0.05) is 13.2 Å². The number of nitrogens with zero attached hydrogens (tertiary/aromatic N) is 2. The number of nitrogens with two attached hydrogens (primary N) is 1. The van der Waals surface area contributed by atoms with E-state index in [9.17, 15) is 0 Å². The van der Waals surface area contributed by atoms with E-state index in [1.54, 1.807) is 7.05 Å². The second-order valence-corrected chi connectivity index (χ2v) is 1.89. The van der Waals surface area contributed by atoms with Crippen LogP contribution in [0, 0.1) is 0 Å². The van der Waals surface area contributed by atoms with Gasteiger partial charge in [0.25, 0.3) is 0 Å². The van der Waals surface area contributed by atoms with E-state index in [0.29, 0.717) is 3.70 Å². The van der Waals surface area contributed by atoms with Crippen LogP contribution < -0.4 is 5.73 Å². The van der Waals surface area contributed by atoms with E-state index in [0.717, 1.165) is 0 Å². The van der Waals surface area contributed by atoms with Gasteiger partial charge in [-0.25, -0.2) is 0 Å². The van der Waals surface area contributed by atoms with Gasteiger partial charge in [-0.2, -0.15) is 5.11 Å². The van der Waals surface area contributed by atoms with Crippen molar-refractivity contribution in [3.63, 3.8) is 0 Å². The van der Waals surface area contributed by atoms with Crippen LogP contribution in [0.5, 0.6) is 0 Å². The average Bonchev–Trinajstić information content (AvgIpc) is 1.68. The first-order valence-corrected chi connectivity index (χ1v) is 2.76. The molecule has 0 aromatic carbocycles. The van der Waals surface area contributed by atoms with Gasteiger partial charge in [-0.05, 0) is 22.6 Å². The van der Waals surface area contributed by atoms with E-state index in [1.807, 2.05) is 22.6 Å². The van der Waals surface area contributed by atoms with Crippen molar-refractivity contribution in [2.75, 3.05) is 7.05 Å². The molecule has 0 heterocycles. The summed E-state index contributed by atoms with van der Waals surface area (Å²) in [5, 5.41) is 7.07. The smallest absolute Gasteiger partial charge is 0.138 e. The Hall–Kier alpha value is -0.130. The summed E-state index contributed by atoms with van der Waals surface area (Å²) in [6.45, 7) is 0. The van der Waals surface area contributed by atoms with E-state index in [2.05, 4.69) is 10.2 Å². The molecule has 0 amide bonds. The highest BCUT2D eigenvalue weighted by Gasteiger charge is 1.76. The molecular formula is C3H6IN3. The van der Waals surface area contributed by atoms with Crippen molar-refractivity contribution in [1.82, 2.24) is 0 Å². The summed E-state index contributed by atoms with van der Waals surface area (Å²) in [4.78, 5) is 0. The molecule has 4 heteroatoms. The first kappa shape index (κ1) is 6.87. The summed E-state index contributed by atoms with van der Waals surface area (Å²) < 4.78 is 0.708. The molecule has 0 aromatic rings. The summed E-state index contributed by atoms with van der Waals surface area (Å²) in [5.41, 5.74) is 5.03. The molecule has 0 saturated heterocycles. The van der Waals surface area contributed by atoms with Crippen molar-refractivity contribution in [2.45, 2.75) is 0 Å². The first-order valence-electron chi connectivity index (χ1n) is 1.68. The van der Waals surface area contributed by atoms with Crippen LogP contribution >= 0.6 is 22.6 Å². The van der Waals surface area contributed by atoms with Gasteiger partial charge in [-0.3, -0.25) is 0 Å². The van der Waals surface area contributed by atoms with Gasteiger partial charge in [0.05, 0.1) is 0 Å². The Bertz CT molecular complexity index is 96.4. The molecule has 0 unspecified atom stereocenters. The summed E-state index contributed by atoms with van der Waals surface area (Å²) in [7, 11) is 1.60. The van der Waals surface area contributed by atoms with Gasteiger partial charge in [0.1, 0.15) is 3.70 Å². The van der Waals surface area contributed by atoms with Gasteiger partial charge in [0.15, 0.2) is 0 Å². The minimum absolute atomic E-state index is 0.708. The molecule has 0 aromatic heterocycles. The zero-order valence-corrected chi connectivity index (χ0v) is 6.08. The lowest BCUT2D eigenvalue weighted by atomic mass is 11.0. The van der Waals surface area contributed by atoms with Gasteiger partial charge >= 0.3 is 0 Å². The molecule has 3 nitrogen and oxygen atoms in total. The highest BCUT2D eigenvalue weighted by molar-refractivity contribution is 14.1. The maximum atomic E-state index is 5.03. The van der Waals surface area contributed by atoms with Crippen molar-refractivity contribution in [3.8, 4) is 0 Å². The van der Waals surface area contributed by atoms with Crippen LogP contribution in [0.2, 0.25) is 0 Å². The standard InChI is InChI=1S/C3H6IN3/c1-6-7-3(4)2-5/h2H,5H2,1H3/b3-2-,7-6-. The second-order valence-electron chi connectivity index (χ2n) is 0.789. The van der Waals surface area contributed by atoms with Crippen LogP contribution in [-0.4, -0.2) is 7.05 Å². The highest BCUT2D eigenvalue weighted by atomic mass is 127. The van der Waals surface area contributed by atoms with Crippen molar-refractivity contribution in [2.24, 2.45) is 16.0 Å².